The molecule has 0 heterocycles. The van der Waals surface area contributed by atoms with Crippen LogP contribution in [0.15, 0.2) is 35.4 Å². The second-order valence-electron chi connectivity index (χ2n) is 6.95. The van der Waals surface area contributed by atoms with Crippen LogP contribution in [0.3, 0.4) is 0 Å². The highest BCUT2D eigenvalue weighted by molar-refractivity contribution is 14.1. The molecule has 0 aliphatic carbocycles. The third-order valence-electron chi connectivity index (χ3n) is 4.83. The van der Waals surface area contributed by atoms with Gasteiger partial charge in [-0.3, -0.25) is 4.79 Å². The summed E-state index contributed by atoms with van der Waals surface area (Å²) in [6.07, 6.45) is 14.8. The van der Waals surface area contributed by atoms with E-state index in [4.69, 9.17) is 5.53 Å². The maximum absolute atomic E-state index is 12.4. The van der Waals surface area contributed by atoms with Crippen molar-refractivity contribution >= 4 is 28.5 Å². The van der Waals surface area contributed by atoms with Crippen molar-refractivity contribution in [1.29, 1.82) is 0 Å². The molecule has 0 saturated heterocycles. The van der Waals surface area contributed by atoms with Crippen molar-refractivity contribution in [3.05, 3.63) is 46.3 Å². The van der Waals surface area contributed by atoms with Crippen molar-refractivity contribution in [2.24, 2.45) is 5.11 Å². The normalized spacial score (nSPS) is 13.0. The van der Waals surface area contributed by atoms with Crippen LogP contribution < -0.4 is 0 Å². The number of unbranched alkanes of at least 4 members (excludes halogenated alkanes) is 10. The molecule has 1 amide bonds. The van der Waals surface area contributed by atoms with Gasteiger partial charge in [0.15, 0.2) is 0 Å². The number of azide groups is 1. The van der Waals surface area contributed by atoms with Crippen LogP contribution in [0.4, 0.5) is 0 Å². The zero-order chi connectivity index (χ0) is 19.1. The van der Waals surface area contributed by atoms with E-state index in [1.165, 1.54) is 57.8 Å². The number of carbonyl (C=O) groups is 1. The lowest BCUT2D eigenvalue weighted by atomic mass is 9.92. The van der Waals surface area contributed by atoms with Gasteiger partial charge in [-0.05, 0) is 22.6 Å². The van der Waals surface area contributed by atoms with E-state index in [-0.39, 0.29) is 5.91 Å². The van der Waals surface area contributed by atoms with Crippen molar-refractivity contribution < 1.29 is 4.79 Å². The highest BCUT2D eigenvalue weighted by atomic mass is 127. The number of amides is 1. The predicted molar refractivity (Wildman–Crippen MR) is 117 cm³/mol. The molecule has 5 heteroatoms. The summed E-state index contributed by atoms with van der Waals surface area (Å²) in [6, 6.07) is 9.66. The zero-order valence-corrected chi connectivity index (χ0v) is 18.2. The molecule has 1 rings (SSSR count). The quantitative estimate of drug-likeness (QED) is 0.0683. The fraction of sp³-hybridized carbons (Fsp3) is 0.667. The van der Waals surface area contributed by atoms with E-state index in [2.05, 4.69) is 39.5 Å². The van der Waals surface area contributed by atoms with Crippen LogP contribution >= 0.6 is 22.6 Å². The number of rotatable bonds is 14. The van der Waals surface area contributed by atoms with Gasteiger partial charge in [0.1, 0.15) is 3.42 Å². The van der Waals surface area contributed by atoms with Crippen LogP contribution in [0.5, 0.6) is 0 Å². The Morgan fingerprint density at radius 3 is 1.96 bits per heavy atom. The first kappa shape index (κ1) is 23.0. The fourth-order valence-electron chi connectivity index (χ4n) is 3.23. The molecule has 1 atom stereocenters. The molecule has 0 fully saturated rings. The van der Waals surface area contributed by atoms with Gasteiger partial charge in [0.05, 0.1) is 0 Å². The molecule has 0 aliphatic rings. The minimum Gasteiger partial charge on any atom is -0.291 e. The van der Waals surface area contributed by atoms with Gasteiger partial charge >= 0.3 is 0 Å². The maximum atomic E-state index is 12.4. The Hall–Kier alpha value is -1.07. The Balaban J connectivity index is 2.31. The molecule has 1 aromatic carbocycles. The molecule has 1 unspecified atom stereocenters. The van der Waals surface area contributed by atoms with E-state index >= 15 is 0 Å². The number of carbonyl (C=O) groups excluding carboxylic acids is 1. The zero-order valence-electron chi connectivity index (χ0n) is 16.0. The number of hydrogen-bond acceptors (Lipinski definition) is 1. The van der Waals surface area contributed by atoms with Gasteiger partial charge < -0.3 is 0 Å². The molecule has 0 radical (unpaired) electrons. The van der Waals surface area contributed by atoms with Crippen molar-refractivity contribution in [2.45, 2.75) is 87.4 Å². The SMILES string of the molecule is CCCCCCCCCCCCCC(I)(C(=O)N=[N+]=[N-])c1ccccc1. The fourth-order valence-corrected chi connectivity index (χ4v) is 4.08. The summed E-state index contributed by atoms with van der Waals surface area (Å²) >= 11 is 2.17. The summed E-state index contributed by atoms with van der Waals surface area (Å²) in [6.45, 7) is 2.25. The summed E-state index contributed by atoms with van der Waals surface area (Å²) in [5.41, 5.74) is 9.56. The molecule has 0 bridgehead atoms. The summed E-state index contributed by atoms with van der Waals surface area (Å²) in [4.78, 5) is 15.1. The van der Waals surface area contributed by atoms with Crippen LogP contribution in [0.25, 0.3) is 10.4 Å². The van der Waals surface area contributed by atoms with E-state index in [0.29, 0.717) is 6.42 Å². The topological polar surface area (TPSA) is 65.8 Å². The third kappa shape index (κ3) is 8.54. The van der Waals surface area contributed by atoms with Crippen molar-refractivity contribution in [1.82, 2.24) is 0 Å². The standard InChI is InChI=1S/C21H32IN3O/c1-2-3-4-5-6-7-8-9-10-11-15-18-21(22,20(26)24-25-23)19-16-13-12-14-17-19/h12-14,16-17H,2-11,15,18H2,1H3. The molecule has 26 heavy (non-hydrogen) atoms. The molecule has 0 aliphatic heterocycles. The van der Waals surface area contributed by atoms with Crippen LogP contribution in [0.1, 0.15) is 89.5 Å². The summed E-state index contributed by atoms with van der Waals surface area (Å²) in [5, 5.41) is 3.38. The first-order chi connectivity index (χ1) is 12.6. The summed E-state index contributed by atoms with van der Waals surface area (Å²) < 4.78 is -0.746. The van der Waals surface area contributed by atoms with Gasteiger partial charge in [-0.15, -0.1) is 0 Å². The average Bonchev–Trinajstić information content (AvgIpc) is 2.66. The van der Waals surface area contributed by atoms with Crippen LogP contribution in [0.2, 0.25) is 0 Å². The molecule has 4 nitrogen and oxygen atoms in total. The van der Waals surface area contributed by atoms with Gasteiger partial charge in [0, 0.05) is 4.91 Å². The Kier molecular flexibility index (Phi) is 12.4. The van der Waals surface area contributed by atoms with Gasteiger partial charge in [-0.2, -0.15) is 0 Å². The second kappa shape index (κ2) is 14.0. The van der Waals surface area contributed by atoms with Crippen LogP contribution in [-0.4, -0.2) is 5.91 Å². The lowest BCUT2D eigenvalue weighted by Gasteiger charge is -2.24. The first-order valence-corrected chi connectivity index (χ1v) is 11.1. The van der Waals surface area contributed by atoms with E-state index < -0.39 is 3.42 Å². The van der Waals surface area contributed by atoms with Gasteiger partial charge in [-0.1, -0.05) is 130 Å². The van der Waals surface area contributed by atoms with E-state index in [1.807, 2.05) is 30.3 Å². The monoisotopic (exact) mass is 469 g/mol. The number of halogens is 1. The van der Waals surface area contributed by atoms with Gasteiger partial charge in [0.2, 0.25) is 5.91 Å². The number of nitrogens with zero attached hydrogens (tertiary/aromatic N) is 3. The lowest BCUT2D eigenvalue weighted by molar-refractivity contribution is -0.120. The largest absolute Gasteiger partial charge is 0.291 e. The van der Waals surface area contributed by atoms with Crippen molar-refractivity contribution in [3.63, 3.8) is 0 Å². The average molecular weight is 469 g/mol. The molecule has 0 aromatic heterocycles. The van der Waals surface area contributed by atoms with E-state index in [0.717, 1.165) is 18.4 Å². The van der Waals surface area contributed by atoms with Crippen molar-refractivity contribution in [3.8, 4) is 0 Å². The highest BCUT2D eigenvalue weighted by Gasteiger charge is 2.35. The Morgan fingerprint density at radius 1 is 0.962 bits per heavy atom. The molecule has 1 aromatic rings. The van der Waals surface area contributed by atoms with Gasteiger partial charge in [0.25, 0.3) is 0 Å². The third-order valence-corrected chi connectivity index (χ3v) is 6.45. The predicted octanol–water partition coefficient (Wildman–Crippen LogP) is 7.85. The van der Waals surface area contributed by atoms with Crippen LogP contribution in [0, 0.1) is 0 Å². The Morgan fingerprint density at radius 2 is 1.46 bits per heavy atom. The molecule has 0 spiro atoms. The molecule has 144 valence electrons. The Labute approximate surface area is 171 Å². The maximum Gasteiger partial charge on any atom is 0.239 e. The molecule has 0 N–H and O–H groups in total. The van der Waals surface area contributed by atoms with Crippen molar-refractivity contribution in [2.75, 3.05) is 0 Å². The highest BCUT2D eigenvalue weighted by Crippen LogP contribution is 2.39. The Bertz CT molecular complexity index is 558. The summed E-state index contributed by atoms with van der Waals surface area (Å²) in [5.74, 6) is -0.390. The van der Waals surface area contributed by atoms with Crippen LogP contribution in [-0.2, 0) is 8.22 Å². The van der Waals surface area contributed by atoms with Gasteiger partial charge in [-0.25, -0.2) is 0 Å². The van der Waals surface area contributed by atoms with E-state index in [1.54, 1.807) is 0 Å². The smallest absolute Gasteiger partial charge is 0.239 e. The lowest BCUT2D eigenvalue weighted by Crippen LogP contribution is -2.27. The summed E-state index contributed by atoms with van der Waals surface area (Å²) in [7, 11) is 0. The minimum absolute atomic E-state index is 0.390. The number of hydrogen-bond donors (Lipinski definition) is 0. The second-order valence-corrected chi connectivity index (χ2v) is 8.79. The number of alkyl halides is 1. The van der Waals surface area contributed by atoms with E-state index in [9.17, 15) is 4.79 Å². The minimum atomic E-state index is -0.746. The molecular formula is C21H32IN3O. The first-order valence-electron chi connectivity index (χ1n) is 9.99. The molecular weight excluding hydrogens is 437 g/mol. The molecule has 0 saturated carbocycles. The number of benzene rings is 1.